The Morgan fingerprint density at radius 1 is 1.05 bits per heavy atom. The smallest absolute Gasteiger partial charge is 0.236 e. The summed E-state index contributed by atoms with van der Waals surface area (Å²) in [6.45, 7) is 3.93. The molecule has 1 N–H and O–H groups in total. The molecule has 7 nitrogen and oxygen atoms in total. The standard InChI is InChI=1S/C28H24ClN5O2S2/c1-18-12-14-20(15-13-18)23-16-37-27(30-23)31-25(35)17-38-28-33-32-26(34(28)21-8-4-3-5-9-21)19(2)36-24-11-7-6-10-22(24)29/h3-16,19H,17H2,1-2H3,(H,30,31,35). The Labute approximate surface area is 233 Å². The molecule has 1 atom stereocenters. The average Bonchev–Trinajstić information content (AvgIpc) is 3.57. The van der Waals surface area contributed by atoms with Crippen molar-refractivity contribution in [1.29, 1.82) is 0 Å². The summed E-state index contributed by atoms with van der Waals surface area (Å²) in [6, 6.07) is 25.2. The maximum Gasteiger partial charge on any atom is 0.236 e. The molecule has 2 heterocycles. The lowest BCUT2D eigenvalue weighted by atomic mass is 10.1. The lowest BCUT2D eigenvalue weighted by Crippen LogP contribution is -2.15. The first-order valence-electron chi connectivity index (χ1n) is 11.8. The van der Waals surface area contributed by atoms with Gasteiger partial charge in [-0.15, -0.1) is 21.5 Å². The number of nitrogens with one attached hydrogen (secondary N) is 1. The first-order chi connectivity index (χ1) is 18.5. The predicted molar refractivity (Wildman–Crippen MR) is 153 cm³/mol. The van der Waals surface area contributed by atoms with Gasteiger partial charge in [-0.25, -0.2) is 4.98 Å². The van der Waals surface area contributed by atoms with Crippen LogP contribution < -0.4 is 10.1 Å². The van der Waals surface area contributed by atoms with Crippen LogP contribution in [0.1, 0.15) is 24.4 Å². The number of benzene rings is 3. The predicted octanol–water partition coefficient (Wildman–Crippen LogP) is 7.22. The molecule has 1 unspecified atom stereocenters. The van der Waals surface area contributed by atoms with Gasteiger partial charge >= 0.3 is 0 Å². The third kappa shape index (κ3) is 6.07. The van der Waals surface area contributed by atoms with Gasteiger partial charge in [0.25, 0.3) is 0 Å². The van der Waals surface area contributed by atoms with Crippen LogP contribution in [0.3, 0.4) is 0 Å². The van der Waals surface area contributed by atoms with Crippen molar-refractivity contribution in [3.8, 4) is 22.7 Å². The molecule has 0 fully saturated rings. The van der Waals surface area contributed by atoms with E-state index in [1.54, 1.807) is 6.07 Å². The third-order valence-corrected chi connectivity index (χ3v) is 7.61. The van der Waals surface area contributed by atoms with Crippen LogP contribution in [-0.4, -0.2) is 31.4 Å². The molecule has 5 rings (SSSR count). The number of ether oxygens (including phenoxy) is 1. The minimum Gasteiger partial charge on any atom is -0.481 e. The second kappa shape index (κ2) is 11.8. The van der Waals surface area contributed by atoms with Gasteiger partial charge in [0.15, 0.2) is 22.2 Å². The molecule has 5 aromatic rings. The van der Waals surface area contributed by atoms with E-state index in [1.165, 1.54) is 28.7 Å². The fraction of sp³-hybridized carbons (Fsp3) is 0.143. The molecule has 0 aliphatic carbocycles. The van der Waals surface area contributed by atoms with Crippen LogP contribution in [0.25, 0.3) is 16.9 Å². The molecule has 0 bridgehead atoms. The Bertz CT molecular complexity index is 1540. The number of aromatic nitrogens is 4. The highest BCUT2D eigenvalue weighted by Crippen LogP contribution is 2.31. The number of carbonyl (C=O) groups is 1. The van der Waals surface area contributed by atoms with Crippen LogP contribution in [0, 0.1) is 6.92 Å². The van der Waals surface area contributed by atoms with Gasteiger partial charge in [0.2, 0.25) is 5.91 Å². The largest absolute Gasteiger partial charge is 0.481 e. The average molecular weight is 562 g/mol. The molecule has 0 spiro atoms. The van der Waals surface area contributed by atoms with Crippen molar-refractivity contribution in [3.05, 3.63) is 101 Å². The summed E-state index contributed by atoms with van der Waals surface area (Å²) in [6.07, 6.45) is -0.443. The van der Waals surface area contributed by atoms with E-state index in [2.05, 4.69) is 20.5 Å². The van der Waals surface area contributed by atoms with Gasteiger partial charge in [0.1, 0.15) is 5.75 Å². The molecule has 2 aromatic heterocycles. The number of hydrogen-bond acceptors (Lipinski definition) is 7. The molecule has 192 valence electrons. The van der Waals surface area contributed by atoms with Crippen molar-refractivity contribution in [1.82, 2.24) is 19.7 Å². The first-order valence-corrected chi connectivity index (χ1v) is 14.1. The molecule has 10 heteroatoms. The molecule has 3 aromatic carbocycles. The summed E-state index contributed by atoms with van der Waals surface area (Å²) >= 11 is 8.98. The maximum absolute atomic E-state index is 12.8. The van der Waals surface area contributed by atoms with Gasteiger partial charge in [-0.05, 0) is 38.1 Å². The number of anilines is 1. The number of para-hydroxylation sites is 2. The van der Waals surface area contributed by atoms with Gasteiger partial charge in [-0.1, -0.05) is 83.5 Å². The zero-order valence-corrected chi connectivity index (χ0v) is 23.1. The van der Waals surface area contributed by atoms with Crippen molar-refractivity contribution in [2.45, 2.75) is 25.1 Å². The monoisotopic (exact) mass is 561 g/mol. The van der Waals surface area contributed by atoms with E-state index in [-0.39, 0.29) is 11.7 Å². The highest BCUT2D eigenvalue weighted by atomic mass is 35.5. The van der Waals surface area contributed by atoms with Crippen LogP contribution in [0.4, 0.5) is 5.13 Å². The van der Waals surface area contributed by atoms with E-state index in [0.29, 0.717) is 26.9 Å². The highest BCUT2D eigenvalue weighted by molar-refractivity contribution is 7.99. The molecule has 0 saturated carbocycles. The lowest BCUT2D eigenvalue weighted by molar-refractivity contribution is -0.113. The van der Waals surface area contributed by atoms with Crippen molar-refractivity contribution in [2.24, 2.45) is 0 Å². The quantitative estimate of drug-likeness (QED) is 0.191. The third-order valence-electron chi connectivity index (χ3n) is 5.61. The fourth-order valence-electron chi connectivity index (χ4n) is 3.71. The van der Waals surface area contributed by atoms with Gasteiger partial charge in [-0.3, -0.25) is 9.36 Å². The van der Waals surface area contributed by atoms with Crippen molar-refractivity contribution in [2.75, 3.05) is 11.1 Å². The Balaban J connectivity index is 1.30. The molecular weight excluding hydrogens is 538 g/mol. The number of aryl methyl sites for hydroxylation is 1. The summed E-state index contributed by atoms with van der Waals surface area (Å²) < 4.78 is 8.01. The van der Waals surface area contributed by atoms with E-state index < -0.39 is 6.10 Å². The number of halogens is 1. The van der Waals surface area contributed by atoms with Crippen molar-refractivity contribution in [3.63, 3.8) is 0 Å². The minimum absolute atomic E-state index is 0.143. The molecule has 0 radical (unpaired) electrons. The van der Waals surface area contributed by atoms with Crippen LogP contribution >= 0.6 is 34.7 Å². The Morgan fingerprint density at radius 2 is 1.79 bits per heavy atom. The van der Waals surface area contributed by atoms with Crippen LogP contribution in [-0.2, 0) is 4.79 Å². The van der Waals surface area contributed by atoms with E-state index in [9.17, 15) is 4.79 Å². The first kappa shape index (κ1) is 26.0. The Morgan fingerprint density at radius 3 is 2.55 bits per heavy atom. The van der Waals surface area contributed by atoms with E-state index in [4.69, 9.17) is 16.3 Å². The van der Waals surface area contributed by atoms with E-state index >= 15 is 0 Å². The lowest BCUT2D eigenvalue weighted by Gasteiger charge is -2.17. The maximum atomic E-state index is 12.8. The molecule has 1 amide bonds. The SMILES string of the molecule is Cc1ccc(-c2csc(NC(=O)CSc3nnc(C(C)Oc4ccccc4Cl)n3-c3ccccc3)n2)cc1. The number of hydrogen-bond donors (Lipinski definition) is 1. The second-order valence-electron chi connectivity index (χ2n) is 8.44. The second-order valence-corrected chi connectivity index (χ2v) is 10.7. The van der Waals surface area contributed by atoms with E-state index in [0.717, 1.165) is 16.9 Å². The zero-order valence-electron chi connectivity index (χ0n) is 20.7. The number of rotatable bonds is 9. The summed E-state index contributed by atoms with van der Waals surface area (Å²) in [5, 5.41) is 15.3. The topological polar surface area (TPSA) is 81.9 Å². The van der Waals surface area contributed by atoms with Gasteiger partial charge < -0.3 is 10.1 Å². The molecule has 0 saturated heterocycles. The number of amides is 1. The summed E-state index contributed by atoms with van der Waals surface area (Å²) in [7, 11) is 0. The molecule has 38 heavy (non-hydrogen) atoms. The normalized spacial score (nSPS) is 11.8. The summed E-state index contributed by atoms with van der Waals surface area (Å²) in [4.78, 5) is 17.3. The highest BCUT2D eigenvalue weighted by Gasteiger charge is 2.22. The van der Waals surface area contributed by atoms with Crippen LogP contribution in [0.15, 0.2) is 89.4 Å². The Hall–Kier alpha value is -3.66. The number of carbonyl (C=O) groups excluding carboxylic acids is 1. The molecular formula is C28H24ClN5O2S2. The Kier molecular flexibility index (Phi) is 8.07. The summed E-state index contributed by atoms with van der Waals surface area (Å²) in [5.41, 5.74) is 3.90. The molecule has 0 aliphatic heterocycles. The fourth-order valence-corrected chi connectivity index (χ4v) is 5.39. The van der Waals surface area contributed by atoms with Crippen LogP contribution in [0.5, 0.6) is 5.75 Å². The van der Waals surface area contributed by atoms with Gasteiger partial charge in [0, 0.05) is 16.6 Å². The number of nitrogens with zero attached hydrogens (tertiary/aromatic N) is 4. The van der Waals surface area contributed by atoms with Gasteiger partial charge in [-0.2, -0.15) is 0 Å². The molecule has 0 aliphatic rings. The zero-order chi connectivity index (χ0) is 26.5. The van der Waals surface area contributed by atoms with Crippen molar-refractivity contribution < 1.29 is 9.53 Å². The van der Waals surface area contributed by atoms with Crippen LogP contribution in [0.2, 0.25) is 5.02 Å². The van der Waals surface area contributed by atoms with Crippen molar-refractivity contribution >= 4 is 45.7 Å². The number of thiazole rings is 1. The minimum atomic E-state index is -0.443. The number of thioether (sulfide) groups is 1. The van der Waals surface area contributed by atoms with Gasteiger partial charge in [0.05, 0.1) is 16.5 Å². The van der Waals surface area contributed by atoms with E-state index in [1.807, 2.05) is 96.6 Å². The summed E-state index contributed by atoms with van der Waals surface area (Å²) in [5.74, 6) is 1.13.